The number of hydrogen-bond donors (Lipinski definition) is 1. The molecule has 2 aromatic rings. The number of carbonyl (C=O) groups excluding carboxylic acids is 1. The standard InChI is InChI=1S/C20H25N3OS/c1-15-8-12-25-19(15)13-21-18-7-3-2-6-17(18)20(24)23-11-10-22-9-4-5-16(22)14-23/h2-3,6-8,12,16,21H,4-5,9-11,13-14H2,1H3. The first-order valence-corrected chi connectivity index (χ1v) is 9.99. The first-order chi connectivity index (χ1) is 12.2. The van der Waals surface area contributed by atoms with Crippen molar-refractivity contribution < 1.29 is 4.79 Å². The molecule has 3 heterocycles. The van der Waals surface area contributed by atoms with Crippen molar-refractivity contribution in [3.8, 4) is 0 Å². The number of piperazine rings is 1. The molecule has 0 aliphatic carbocycles. The summed E-state index contributed by atoms with van der Waals surface area (Å²) in [4.78, 5) is 19.0. The van der Waals surface area contributed by atoms with E-state index in [0.29, 0.717) is 6.04 Å². The molecule has 2 aliphatic rings. The first-order valence-electron chi connectivity index (χ1n) is 9.11. The molecule has 1 amide bonds. The molecule has 1 unspecified atom stereocenters. The molecule has 2 saturated heterocycles. The molecule has 2 fully saturated rings. The van der Waals surface area contributed by atoms with Crippen LogP contribution < -0.4 is 5.32 Å². The van der Waals surface area contributed by atoms with Crippen LogP contribution in [0.4, 0.5) is 5.69 Å². The molecule has 132 valence electrons. The van der Waals surface area contributed by atoms with Crippen LogP contribution in [0.5, 0.6) is 0 Å². The molecule has 1 N–H and O–H groups in total. The molecular weight excluding hydrogens is 330 g/mol. The van der Waals surface area contributed by atoms with E-state index < -0.39 is 0 Å². The Hall–Kier alpha value is -1.85. The average Bonchev–Trinajstić information content (AvgIpc) is 3.27. The monoisotopic (exact) mass is 355 g/mol. The van der Waals surface area contributed by atoms with E-state index in [0.717, 1.165) is 37.4 Å². The second-order valence-electron chi connectivity index (χ2n) is 7.01. The fourth-order valence-corrected chi connectivity index (χ4v) is 4.78. The number of nitrogens with one attached hydrogen (secondary N) is 1. The molecule has 0 radical (unpaired) electrons. The van der Waals surface area contributed by atoms with Crippen molar-refractivity contribution in [3.63, 3.8) is 0 Å². The molecule has 1 atom stereocenters. The van der Waals surface area contributed by atoms with E-state index >= 15 is 0 Å². The van der Waals surface area contributed by atoms with E-state index in [9.17, 15) is 4.79 Å². The van der Waals surface area contributed by atoms with E-state index in [2.05, 4.69) is 28.6 Å². The topological polar surface area (TPSA) is 35.6 Å². The lowest BCUT2D eigenvalue weighted by Gasteiger charge is -2.37. The molecular formula is C20H25N3OS. The van der Waals surface area contributed by atoms with Gasteiger partial charge >= 0.3 is 0 Å². The van der Waals surface area contributed by atoms with Gasteiger partial charge in [-0.25, -0.2) is 0 Å². The van der Waals surface area contributed by atoms with Gasteiger partial charge in [-0.1, -0.05) is 12.1 Å². The lowest BCUT2D eigenvalue weighted by molar-refractivity contribution is 0.0572. The van der Waals surface area contributed by atoms with Crippen LogP contribution >= 0.6 is 11.3 Å². The number of hydrogen-bond acceptors (Lipinski definition) is 4. The number of amides is 1. The van der Waals surface area contributed by atoms with E-state index in [-0.39, 0.29) is 5.91 Å². The number of nitrogens with zero attached hydrogens (tertiary/aromatic N) is 2. The van der Waals surface area contributed by atoms with Crippen molar-refractivity contribution in [2.45, 2.75) is 32.4 Å². The second kappa shape index (κ2) is 7.18. The van der Waals surface area contributed by atoms with Gasteiger partial charge in [0.2, 0.25) is 0 Å². The fourth-order valence-electron chi connectivity index (χ4n) is 3.93. The van der Waals surface area contributed by atoms with Crippen molar-refractivity contribution in [3.05, 3.63) is 51.7 Å². The van der Waals surface area contributed by atoms with Gasteiger partial charge in [0.1, 0.15) is 0 Å². The molecule has 0 spiro atoms. The molecule has 1 aromatic heterocycles. The van der Waals surface area contributed by atoms with Crippen LogP contribution in [0.1, 0.15) is 33.6 Å². The number of benzene rings is 1. The van der Waals surface area contributed by atoms with Crippen molar-refractivity contribution in [1.29, 1.82) is 0 Å². The Bertz CT molecular complexity index is 757. The summed E-state index contributed by atoms with van der Waals surface area (Å²) in [5, 5.41) is 5.59. The summed E-state index contributed by atoms with van der Waals surface area (Å²) in [5.41, 5.74) is 3.04. The van der Waals surface area contributed by atoms with Crippen LogP contribution in [0, 0.1) is 6.92 Å². The van der Waals surface area contributed by atoms with Crippen LogP contribution in [0.2, 0.25) is 0 Å². The first kappa shape index (κ1) is 16.6. The highest BCUT2D eigenvalue weighted by atomic mass is 32.1. The highest BCUT2D eigenvalue weighted by molar-refractivity contribution is 7.10. The number of rotatable bonds is 4. The minimum atomic E-state index is 0.164. The number of anilines is 1. The Labute approximate surface area is 153 Å². The summed E-state index contributed by atoms with van der Waals surface area (Å²) < 4.78 is 0. The van der Waals surface area contributed by atoms with Gasteiger partial charge in [0.15, 0.2) is 0 Å². The van der Waals surface area contributed by atoms with Gasteiger partial charge in [0.05, 0.1) is 5.56 Å². The summed E-state index contributed by atoms with van der Waals surface area (Å²) >= 11 is 1.76. The van der Waals surface area contributed by atoms with E-state index in [4.69, 9.17) is 0 Å². The number of aryl methyl sites for hydroxylation is 1. The third-order valence-corrected chi connectivity index (χ3v) is 6.46. The highest BCUT2D eigenvalue weighted by Gasteiger charge is 2.33. The van der Waals surface area contributed by atoms with Gasteiger partial charge < -0.3 is 10.2 Å². The molecule has 0 saturated carbocycles. The van der Waals surface area contributed by atoms with E-state index in [1.165, 1.54) is 29.8 Å². The average molecular weight is 356 g/mol. The minimum absolute atomic E-state index is 0.164. The summed E-state index contributed by atoms with van der Waals surface area (Å²) in [6.07, 6.45) is 2.49. The van der Waals surface area contributed by atoms with Gasteiger partial charge in [0.25, 0.3) is 5.91 Å². The largest absolute Gasteiger partial charge is 0.379 e. The van der Waals surface area contributed by atoms with Gasteiger partial charge in [0, 0.05) is 42.8 Å². The minimum Gasteiger partial charge on any atom is -0.379 e. The van der Waals surface area contributed by atoms with Crippen LogP contribution in [-0.2, 0) is 6.54 Å². The maximum absolute atomic E-state index is 13.1. The van der Waals surface area contributed by atoms with Crippen molar-refractivity contribution in [2.75, 3.05) is 31.5 Å². The predicted octanol–water partition coefficient (Wildman–Crippen LogP) is 3.59. The number of carbonyl (C=O) groups is 1. The summed E-state index contributed by atoms with van der Waals surface area (Å²) in [6, 6.07) is 10.6. The van der Waals surface area contributed by atoms with Gasteiger partial charge in [-0.05, 0) is 55.5 Å². The summed E-state index contributed by atoms with van der Waals surface area (Å²) in [5.74, 6) is 0.164. The highest BCUT2D eigenvalue weighted by Crippen LogP contribution is 2.25. The normalized spacial score (nSPS) is 20.5. The number of para-hydroxylation sites is 1. The molecule has 4 rings (SSSR count). The van der Waals surface area contributed by atoms with Crippen LogP contribution in [-0.4, -0.2) is 47.9 Å². The van der Waals surface area contributed by atoms with E-state index in [1.807, 2.05) is 29.2 Å². The van der Waals surface area contributed by atoms with Gasteiger partial charge in [-0.3, -0.25) is 9.69 Å². The number of thiophene rings is 1. The summed E-state index contributed by atoms with van der Waals surface area (Å²) in [7, 11) is 0. The number of fused-ring (bicyclic) bond motifs is 1. The van der Waals surface area contributed by atoms with Crippen molar-refractivity contribution >= 4 is 22.9 Å². The molecule has 2 aliphatic heterocycles. The SMILES string of the molecule is Cc1ccsc1CNc1ccccc1C(=O)N1CCN2CCCC2C1. The maximum Gasteiger partial charge on any atom is 0.256 e. The molecule has 1 aromatic carbocycles. The lowest BCUT2D eigenvalue weighted by Crippen LogP contribution is -2.52. The van der Waals surface area contributed by atoms with Crippen molar-refractivity contribution in [2.24, 2.45) is 0 Å². The lowest BCUT2D eigenvalue weighted by atomic mass is 10.1. The van der Waals surface area contributed by atoms with E-state index in [1.54, 1.807) is 11.3 Å². The van der Waals surface area contributed by atoms with Gasteiger partial charge in [-0.15, -0.1) is 11.3 Å². The molecule has 25 heavy (non-hydrogen) atoms. The third kappa shape index (κ3) is 3.44. The summed E-state index contributed by atoms with van der Waals surface area (Å²) in [6.45, 7) is 6.83. The Morgan fingerprint density at radius 2 is 2.12 bits per heavy atom. The quantitative estimate of drug-likeness (QED) is 0.910. The van der Waals surface area contributed by atoms with Gasteiger partial charge in [-0.2, -0.15) is 0 Å². The third-order valence-electron chi connectivity index (χ3n) is 5.44. The second-order valence-corrected chi connectivity index (χ2v) is 8.01. The Morgan fingerprint density at radius 3 is 2.96 bits per heavy atom. The zero-order valence-corrected chi connectivity index (χ0v) is 15.5. The van der Waals surface area contributed by atoms with Crippen LogP contribution in [0.3, 0.4) is 0 Å². The Balaban J connectivity index is 1.48. The zero-order chi connectivity index (χ0) is 17.2. The molecule has 5 heteroatoms. The Kier molecular flexibility index (Phi) is 4.77. The van der Waals surface area contributed by atoms with Crippen LogP contribution in [0.15, 0.2) is 35.7 Å². The molecule has 4 nitrogen and oxygen atoms in total. The van der Waals surface area contributed by atoms with Crippen LogP contribution in [0.25, 0.3) is 0 Å². The zero-order valence-electron chi connectivity index (χ0n) is 14.7. The molecule has 0 bridgehead atoms. The predicted molar refractivity (Wildman–Crippen MR) is 103 cm³/mol. The Morgan fingerprint density at radius 1 is 1.24 bits per heavy atom. The van der Waals surface area contributed by atoms with Crippen molar-refractivity contribution in [1.82, 2.24) is 9.80 Å². The maximum atomic E-state index is 13.1. The smallest absolute Gasteiger partial charge is 0.256 e. The fraction of sp³-hybridized carbons (Fsp3) is 0.450.